The molecule has 0 saturated heterocycles. The molecule has 4 heterocycles. The van der Waals surface area contributed by atoms with Crippen LogP contribution in [-0.2, 0) is 16.4 Å². The Hall–Kier alpha value is -4.91. The molecule has 0 amide bonds. The van der Waals surface area contributed by atoms with Gasteiger partial charge < -0.3 is 0 Å². The van der Waals surface area contributed by atoms with Crippen molar-refractivity contribution in [1.29, 1.82) is 0 Å². The Bertz CT molecular complexity index is 2520. The largest absolute Gasteiger partial charge is 0.271 e. The van der Waals surface area contributed by atoms with Crippen molar-refractivity contribution < 1.29 is 13.3 Å². The summed E-state index contributed by atoms with van der Waals surface area (Å²) in [5.74, 6) is 0. The van der Waals surface area contributed by atoms with Gasteiger partial charge in [0.2, 0.25) is 0 Å². The van der Waals surface area contributed by atoms with Crippen molar-refractivity contribution >= 4 is 61.1 Å². The van der Waals surface area contributed by atoms with Crippen LogP contribution in [0, 0.1) is 10.1 Å². The minimum Gasteiger partial charge on any atom is -0.271 e. The molecule has 2 aliphatic rings. The molecule has 0 saturated carbocycles. The van der Waals surface area contributed by atoms with Gasteiger partial charge in [-0.15, -0.1) is 11.3 Å². The van der Waals surface area contributed by atoms with Crippen LogP contribution in [0.15, 0.2) is 117 Å². The first-order valence-electron chi connectivity index (χ1n) is 14.1. The molecule has 0 bridgehead atoms. The summed E-state index contributed by atoms with van der Waals surface area (Å²) in [7, 11) is -4.20. The van der Waals surface area contributed by atoms with Gasteiger partial charge in [-0.3, -0.25) is 19.5 Å². The maximum Gasteiger partial charge on any atom is 0.271 e. The van der Waals surface area contributed by atoms with E-state index in [2.05, 4.69) is 18.2 Å². The molecule has 1 aliphatic heterocycles. The molecular formula is C33H22N4O5S3. The third-order valence-corrected chi connectivity index (χ3v) is 11.8. The molecule has 1 atom stereocenters. The van der Waals surface area contributed by atoms with E-state index in [0.29, 0.717) is 25.8 Å². The van der Waals surface area contributed by atoms with Crippen LogP contribution in [0.1, 0.15) is 34.0 Å². The number of rotatable bonds is 5. The number of hydrogen-bond acceptors (Lipinski definition) is 8. The molecule has 8 rings (SSSR count). The second kappa shape index (κ2) is 10.3. The van der Waals surface area contributed by atoms with Gasteiger partial charge in [0.25, 0.3) is 21.3 Å². The molecule has 0 unspecified atom stereocenters. The molecule has 45 heavy (non-hydrogen) atoms. The zero-order valence-corrected chi connectivity index (χ0v) is 25.8. The third kappa shape index (κ3) is 4.36. The minimum atomic E-state index is -4.20. The van der Waals surface area contributed by atoms with E-state index < -0.39 is 14.9 Å². The van der Waals surface area contributed by atoms with Gasteiger partial charge in [-0.05, 0) is 53.6 Å². The number of non-ortho nitro benzene ring substituents is 1. The van der Waals surface area contributed by atoms with Crippen LogP contribution in [-0.4, -0.2) is 21.9 Å². The van der Waals surface area contributed by atoms with Gasteiger partial charge in [0.15, 0.2) is 4.80 Å². The molecular weight excluding hydrogens is 629 g/mol. The summed E-state index contributed by atoms with van der Waals surface area (Å²) in [6.45, 7) is 0. The number of aryl methyl sites for hydroxylation is 1. The average molecular weight is 651 g/mol. The number of thiophene rings is 1. The van der Waals surface area contributed by atoms with Crippen LogP contribution in [0.2, 0.25) is 0 Å². The highest BCUT2D eigenvalue weighted by Gasteiger charge is 2.33. The monoisotopic (exact) mass is 650 g/mol. The van der Waals surface area contributed by atoms with Crippen molar-refractivity contribution in [1.82, 2.24) is 8.54 Å². The number of para-hydroxylation sites is 1. The van der Waals surface area contributed by atoms with E-state index in [9.17, 15) is 23.3 Å². The average Bonchev–Trinajstić information content (AvgIpc) is 3.79. The fourth-order valence-electron chi connectivity index (χ4n) is 6.22. The van der Waals surface area contributed by atoms with E-state index in [-0.39, 0.29) is 22.2 Å². The smallest absolute Gasteiger partial charge is 0.271 e. The predicted molar refractivity (Wildman–Crippen MR) is 175 cm³/mol. The van der Waals surface area contributed by atoms with Gasteiger partial charge in [0.05, 0.1) is 31.6 Å². The van der Waals surface area contributed by atoms with Crippen LogP contribution < -0.4 is 14.9 Å². The minimum absolute atomic E-state index is 0.194. The second-order valence-corrected chi connectivity index (χ2v) is 14.6. The van der Waals surface area contributed by atoms with Crippen molar-refractivity contribution in [2.45, 2.75) is 23.8 Å². The first-order valence-corrected chi connectivity index (χ1v) is 17.2. The van der Waals surface area contributed by atoms with Crippen molar-refractivity contribution in [2.24, 2.45) is 4.99 Å². The fourth-order valence-corrected chi connectivity index (χ4v) is 9.48. The number of benzene rings is 3. The quantitative estimate of drug-likeness (QED) is 0.181. The summed E-state index contributed by atoms with van der Waals surface area (Å²) in [4.78, 5) is 31.4. The Morgan fingerprint density at radius 2 is 1.80 bits per heavy atom. The van der Waals surface area contributed by atoms with Crippen LogP contribution in [0.5, 0.6) is 0 Å². The SMILES string of the molecule is O=c1/c(=C\c2cn(S(=O)(=O)c3cccc([N+](=O)[O-])c3)c3ccccc23)sc2n1[C@@H](c1cccs1)C1=C(N=2)c2ccccc2CC1. The number of hydrogen-bond donors (Lipinski definition) is 0. The lowest BCUT2D eigenvalue weighted by Crippen LogP contribution is -2.38. The Morgan fingerprint density at radius 1 is 0.978 bits per heavy atom. The van der Waals surface area contributed by atoms with Gasteiger partial charge in [0, 0.05) is 39.7 Å². The summed E-state index contributed by atoms with van der Waals surface area (Å²) < 4.78 is 30.9. The number of thiazole rings is 1. The maximum absolute atomic E-state index is 14.2. The van der Waals surface area contributed by atoms with Crippen LogP contribution in [0.3, 0.4) is 0 Å². The van der Waals surface area contributed by atoms with Gasteiger partial charge in [-0.25, -0.2) is 17.4 Å². The number of fused-ring (bicyclic) bond motifs is 4. The summed E-state index contributed by atoms with van der Waals surface area (Å²) in [6.07, 6.45) is 4.85. The van der Waals surface area contributed by atoms with E-state index in [1.807, 2.05) is 23.6 Å². The van der Waals surface area contributed by atoms with Gasteiger partial charge >= 0.3 is 0 Å². The highest BCUT2D eigenvalue weighted by Crippen LogP contribution is 2.42. The third-order valence-electron chi connectivity index (χ3n) is 8.27. The zero-order chi connectivity index (χ0) is 30.9. The fraction of sp³-hybridized carbons (Fsp3) is 0.0909. The molecule has 0 N–H and O–H groups in total. The molecule has 0 spiro atoms. The summed E-state index contributed by atoms with van der Waals surface area (Å²) in [6, 6.07) is 24.0. The zero-order valence-electron chi connectivity index (χ0n) is 23.4. The molecule has 6 aromatic rings. The summed E-state index contributed by atoms with van der Waals surface area (Å²) in [5, 5.41) is 14.0. The molecule has 1 aliphatic carbocycles. The van der Waals surface area contributed by atoms with Crippen LogP contribution in [0.25, 0.3) is 22.7 Å². The van der Waals surface area contributed by atoms with E-state index >= 15 is 0 Å². The van der Waals surface area contributed by atoms with Crippen LogP contribution >= 0.6 is 22.7 Å². The first kappa shape index (κ1) is 27.6. The Labute approximate surface area is 264 Å². The van der Waals surface area contributed by atoms with E-state index in [4.69, 9.17) is 4.99 Å². The number of nitrogens with zero attached hydrogens (tertiary/aromatic N) is 4. The standard InChI is InChI=1S/C33H22N4O5S3/c38-32-29(17-21-19-35(27-12-4-3-10-24(21)27)45(41,42)23-9-5-8-22(18-23)37(39)40)44-33-34-30-25-11-2-1-7-20(25)14-15-26(30)31(36(32)33)28-13-6-16-43-28/h1-13,16-19,31H,14-15H2/b29-17+/t31-/m1/s1. The number of nitro groups is 1. The van der Waals surface area contributed by atoms with Crippen molar-refractivity contribution in [2.75, 3.05) is 0 Å². The highest BCUT2D eigenvalue weighted by molar-refractivity contribution is 7.90. The van der Waals surface area contributed by atoms with E-state index in [1.165, 1.54) is 41.3 Å². The lowest BCUT2D eigenvalue weighted by molar-refractivity contribution is -0.385. The topological polar surface area (TPSA) is 117 Å². The van der Waals surface area contributed by atoms with Crippen molar-refractivity contribution in [3.05, 3.63) is 153 Å². The lowest BCUT2D eigenvalue weighted by Gasteiger charge is -2.30. The number of aromatic nitrogens is 2. The molecule has 9 nitrogen and oxygen atoms in total. The van der Waals surface area contributed by atoms with E-state index in [1.54, 1.807) is 46.2 Å². The van der Waals surface area contributed by atoms with Crippen molar-refractivity contribution in [3.8, 4) is 0 Å². The Balaban J connectivity index is 1.33. The molecule has 0 fully saturated rings. The number of allylic oxidation sites excluding steroid dienone is 1. The molecule has 0 radical (unpaired) electrons. The lowest BCUT2D eigenvalue weighted by atomic mass is 9.85. The summed E-state index contributed by atoms with van der Waals surface area (Å²) in [5.41, 5.74) is 4.78. The van der Waals surface area contributed by atoms with Gasteiger partial charge in [0.1, 0.15) is 0 Å². The maximum atomic E-state index is 14.2. The molecule has 3 aromatic carbocycles. The number of nitro benzene ring substituents is 1. The van der Waals surface area contributed by atoms with Crippen molar-refractivity contribution in [3.63, 3.8) is 0 Å². The Kier molecular flexibility index (Phi) is 6.34. The first-order chi connectivity index (χ1) is 21.8. The molecule has 3 aromatic heterocycles. The van der Waals surface area contributed by atoms with E-state index in [0.717, 1.165) is 44.6 Å². The predicted octanol–water partition coefficient (Wildman–Crippen LogP) is 5.48. The molecule has 12 heteroatoms. The summed E-state index contributed by atoms with van der Waals surface area (Å²) >= 11 is 2.89. The van der Waals surface area contributed by atoms with Crippen LogP contribution in [0.4, 0.5) is 5.69 Å². The molecule has 222 valence electrons. The van der Waals surface area contributed by atoms with Gasteiger partial charge in [-0.2, -0.15) is 0 Å². The van der Waals surface area contributed by atoms with Gasteiger partial charge in [-0.1, -0.05) is 65.9 Å². The second-order valence-electron chi connectivity index (χ2n) is 10.8. The highest BCUT2D eigenvalue weighted by atomic mass is 32.2. The Morgan fingerprint density at radius 3 is 2.62 bits per heavy atom. The normalized spacial score (nSPS) is 16.3.